The van der Waals surface area contributed by atoms with E-state index in [9.17, 15) is 0 Å². The summed E-state index contributed by atoms with van der Waals surface area (Å²) in [6, 6.07) is 0. The van der Waals surface area contributed by atoms with Crippen molar-refractivity contribution in [3.63, 3.8) is 0 Å². The highest BCUT2D eigenvalue weighted by atomic mass is 32.2. The summed E-state index contributed by atoms with van der Waals surface area (Å²) in [5, 5.41) is 12.8. The minimum atomic E-state index is -0.242. The lowest BCUT2D eigenvalue weighted by molar-refractivity contribution is 0.881. The third-order valence-corrected chi connectivity index (χ3v) is 1.05. The van der Waals surface area contributed by atoms with Gasteiger partial charge in [0.15, 0.2) is 5.82 Å². The quantitative estimate of drug-likeness (QED) is 0.390. The van der Waals surface area contributed by atoms with E-state index in [1.54, 1.807) is 0 Å². The monoisotopic (exact) mass is 148 g/mol. The third-order valence-electron chi connectivity index (χ3n) is 0.593. The maximum Gasteiger partial charge on any atom is 0.196 e. The first-order valence-corrected chi connectivity index (χ1v) is 2.93. The van der Waals surface area contributed by atoms with Crippen LogP contribution in [0.25, 0.3) is 0 Å². The molecule has 0 fully saturated rings. The molecule has 0 saturated heterocycles. The van der Waals surface area contributed by atoms with Crippen molar-refractivity contribution in [2.75, 3.05) is 0 Å². The van der Waals surface area contributed by atoms with Crippen LogP contribution in [0.15, 0.2) is 0 Å². The fourth-order valence-corrected chi connectivity index (χ4v) is 0.498. The second-order valence-corrected chi connectivity index (χ2v) is 2.58. The Morgan fingerprint density at radius 2 is 2.25 bits per heavy atom. The first kappa shape index (κ1) is 5.90. The van der Waals surface area contributed by atoms with Crippen molar-refractivity contribution in [2.24, 2.45) is 0 Å². The number of nitrogens with zero attached hydrogens (tertiary/aromatic N) is 3. The number of thiol groups is 2. The SMILES string of the molecule is SC(S)c1nn[nH]n1. The predicted octanol–water partition coefficient (Wildman–Crippen LogP) is 0.0579. The molecule has 0 aliphatic rings. The van der Waals surface area contributed by atoms with Crippen molar-refractivity contribution >= 4 is 25.3 Å². The van der Waals surface area contributed by atoms with E-state index in [0.717, 1.165) is 0 Å². The van der Waals surface area contributed by atoms with Gasteiger partial charge in [-0.1, -0.05) is 5.21 Å². The average molecular weight is 148 g/mol. The Bertz CT molecular complexity index is 147. The highest BCUT2D eigenvalue weighted by Gasteiger charge is 2.02. The van der Waals surface area contributed by atoms with Gasteiger partial charge in [-0.25, -0.2) is 0 Å². The van der Waals surface area contributed by atoms with Crippen LogP contribution in [0.1, 0.15) is 10.4 Å². The van der Waals surface area contributed by atoms with Gasteiger partial charge in [0.1, 0.15) is 4.58 Å². The molecule has 0 unspecified atom stereocenters. The van der Waals surface area contributed by atoms with Gasteiger partial charge in [-0.2, -0.15) is 30.5 Å². The van der Waals surface area contributed by atoms with Crippen LogP contribution in [-0.4, -0.2) is 20.6 Å². The molecule has 1 rings (SSSR count). The number of hydrogen-bond acceptors (Lipinski definition) is 5. The summed E-state index contributed by atoms with van der Waals surface area (Å²) in [6.45, 7) is 0. The van der Waals surface area contributed by atoms with E-state index in [0.29, 0.717) is 5.82 Å². The first-order chi connectivity index (χ1) is 3.80. The summed E-state index contributed by atoms with van der Waals surface area (Å²) in [5.74, 6) is 0.497. The summed E-state index contributed by atoms with van der Waals surface area (Å²) in [7, 11) is 0. The number of H-pyrrole nitrogens is 1. The molecule has 0 spiro atoms. The lowest BCUT2D eigenvalue weighted by atomic mass is 10.7. The van der Waals surface area contributed by atoms with E-state index in [1.165, 1.54) is 0 Å². The van der Waals surface area contributed by atoms with Crippen LogP contribution < -0.4 is 0 Å². The maximum absolute atomic E-state index is 3.93. The van der Waals surface area contributed by atoms with Gasteiger partial charge in [0.2, 0.25) is 0 Å². The Morgan fingerprint density at radius 1 is 1.50 bits per heavy atom. The summed E-state index contributed by atoms with van der Waals surface area (Å²) in [5.41, 5.74) is 0. The van der Waals surface area contributed by atoms with E-state index in [1.807, 2.05) is 0 Å². The molecular weight excluding hydrogens is 144 g/mol. The second kappa shape index (κ2) is 2.36. The van der Waals surface area contributed by atoms with Gasteiger partial charge in [0.25, 0.3) is 0 Å². The molecule has 0 aromatic carbocycles. The molecule has 0 bridgehead atoms. The molecule has 1 aromatic rings. The predicted molar refractivity (Wildman–Crippen MR) is 34.9 cm³/mol. The number of nitrogens with one attached hydrogen (secondary N) is 1. The molecule has 1 N–H and O–H groups in total. The van der Waals surface area contributed by atoms with E-state index in [2.05, 4.69) is 45.9 Å². The van der Waals surface area contributed by atoms with Crippen LogP contribution in [0, 0.1) is 0 Å². The molecule has 1 aromatic heterocycles. The van der Waals surface area contributed by atoms with Crippen molar-refractivity contribution in [3.8, 4) is 0 Å². The standard InChI is InChI=1S/C2H4N4S2/c7-2(8)1-3-5-6-4-1/h2,7-8H,(H,3,4,5,6). The number of tetrazole rings is 1. The Hall–Kier alpha value is -0.230. The highest BCUT2D eigenvalue weighted by Crippen LogP contribution is 2.16. The highest BCUT2D eigenvalue weighted by molar-refractivity contribution is 7.98. The van der Waals surface area contributed by atoms with Gasteiger partial charge < -0.3 is 0 Å². The molecule has 0 aliphatic carbocycles. The second-order valence-electron chi connectivity index (χ2n) is 1.14. The molecule has 0 amide bonds. The molecule has 0 saturated carbocycles. The Morgan fingerprint density at radius 3 is 2.50 bits per heavy atom. The lowest BCUT2D eigenvalue weighted by Crippen LogP contribution is -1.83. The number of hydrogen-bond donors (Lipinski definition) is 3. The fourth-order valence-electron chi connectivity index (χ4n) is 0.279. The van der Waals surface area contributed by atoms with Gasteiger partial charge >= 0.3 is 0 Å². The smallest absolute Gasteiger partial charge is 0.177 e. The van der Waals surface area contributed by atoms with Gasteiger partial charge in [0, 0.05) is 0 Å². The molecule has 0 radical (unpaired) electrons. The van der Waals surface area contributed by atoms with Crippen LogP contribution in [-0.2, 0) is 0 Å². The van der Waals surface area contributed by atoms with Gasteiger partial charge in [-0.15, -0.1) is 10.2 Å². The van der Waals surface area contributed by atoms with Crippen molar-refractivity contribution < 1.29 is 0 Å². The summed E-state index contributed by atoms with van der Waals surface area (Å²) in [6.07, 6.45) is 0. The van der Waals surface area contributed by atoms with Crippen molar-refractivity contribution in [2.45, 2.75) is 4.58 Å². The Kier molecular flexibility index (Phi) is 1.74. The maximum atomic E-state index is 3.93. The van der Waals surface area contributed by atoms with Crippen molar-refractivity contribution in [1.82, 2.24) is 20.6 Å². The van der Waals surface area contributed by atoms with Crippen LogP contribution in [0.2, 0.25) is 0 Å². The van der Waals surface area contributed by atoms with Crippen LogP contribution in [0.4, 0.5) is 0 Å². The van der Waals surface area contributed by atoms with Crippen molar-refractivity contribution in [1.29, 1.82) is 0 Å². The topological polar surface area (TPSA) is 54.5 Å². The van der Waals surface area contributed by atoms with Crippen LogP contribution >= 0.6 is 25.3 Å². The Balaban J connectivity index is 2.77. The van der Waals surface area contributed by atoms with Gasteiger partial charge in [0.05, 0.1) is 0 Å². The Labute approximate surface area is 56.9 Å². The number of aromatic amines is 1. The largest absolute Gasteiger partial charge is 0.196 e. The van der Waals surface area contributed by atoms with Crippen molar-refractivity contribution in [3.05, 3.63) is 5.82 Å². The molecule has 0 atom stereocenters. The zero-order chi connectivity index (χ0) is 5.98. The molecule has 8 heavy (non-hydrogen) atoms. The zero-order valence-corrected chi connectivity index (χ0v) is 5.60. The normalized spacial score (nSPS) is 10.4. The molecule has 6 heteroatoms. The van der Waals surface area contributed by atoms with E-state index in [-0.39, 0.29) is 4.58 Å². The fraction of sp³-hybridized carbons (Fsp3) is 0.500. The van der Waals surface area contributed by atoms with E-state index in [4.69, 9.17) is 0 Å². The molecule has 0 aliphatic heterocycles. The van der Waals surface area contributed by atoms with Crippen LogP contribution in [0.5, 0.6) is 0 Å². The summed E-state index contributed by atoms with van der Waals surface area (Å²) < 4.78 is -0.242. The molecule has 1 heterocycles. The van der Waals surface area contributed by atoms with Gasteiger partial charge in [-0.05, 0) is 0 Å². The minimum absolute atomic E-state index is 0.242. The molecular formula is C2H4N4S2. The average Bonchev–Trinajstić information content (AvgIpc) is 2.12. The molecule has 4 nitrogen and oxygen atoms in total. The zero-order valence-electron chi connectivity index (χ0n) is 3.81. The van der Waals surface area contributed by atoms with E-state index < -0.39 is 0 Å². The van der Waals surface area contributed by atoms with Crippen LogP contribution in [0.3, 0.4) is 0 Å². The minimum Gasteiger partial charge on any atom is -0.177 e. The lowest BCUT2D eigenvalue weighted by Gasteiger charge is -1.88. The third kappa shape index (κ3) is 1.13. The molecule has 44 valence electrons. The van der Waals surface area contributed by atoms with Gasteiger partial charge in [-0.3, -0.25) is 0 Å². The van der Waals surface area contributed by atoms with E-state index >= 15 is 0 Å². The summed E-state index contributed by atoms with van der Waals surface area (Å²) >= 11 is 7.87. The first-order valence-electron chi connectivity index (χ1n) is 1.90. The summed E-state index contributed by atoms with van der Waals surface area (Å²) in [4.78, 5) is 0. The number of rotatable bonds is 1. The number of aromatic nitrogens is 4.